The van der Waals surface area contributed by atoms with Crippen LogP contribution in [0.2, 0.25) is 0 Å². The molecule has 0 unspecified atom stereocenters. The van der Waals surface area contributed by atoms with Crippen molar-refractivity contribution in [3.63, 3.8) is 0 Å². The first-order valence-corrected chi connectivity index (χ1v) is 9.63. The van der Waals surface area contributed by atoms with E-state index in [0.29, 0.717) is 0 Å². The van der Waals surface area contributed by atoms with Crippen molar-refractivity contribution < 1.29 is 14.3 Å². The van der Waals surface area contributed by atoms with Gasteiger partial charge in [-0.3, -0.25) is 4.79 Å². The molecular formula is C22H26N2O3. The van der Waals surface area contributed by atoms with Crippen molar-refractivity contribution in [3.05, 3.63) is 53.6 Å². The van der Waals surface area contributed by atoms with Crippen molar-refractivity contribution in [1.82, 2.24) is 5.32 Å². The Morgan fingerprint density at radius 1 is 1.26 bits per heavy atom. The lowest BCUT2D eigenvalue weighted by molar-refractivity contribution is -0.119. The Kier molecular flexibility index (Phi) is 4.92. The molecule has 0 aromatic heterocycles. The monoisotopic (exact) mass is 366 g/mol. The lowest BCUT2D eigenvalue weighted by Crippen LogP contribution is -2.24. The van der Waals surface area contributed by atoms with Crippen molar-refractivity contribution in [2.45, 2.75) is 38.8 Å². The van der Waals surface area contributed by atoms with Gasteiger partial charge in [0.2, 0.25) is 5.91 Å². The molecule has 1 fully saturated rings. The molecule has 0 radical (unpaired) electrons. The average molecular weight is 366 g/mol. The van der Waals surface area contributed by atoms with Gasteiger partial charge < -0.3 is 19.7 Å². The largest absolute Gasteiger partial charge is 0.493 e. The molecule has 1 amide bonds. The predicted molar refractivity (Wildman–Crippen MR) is 106 cm³/mol. The first-order valence-electron chi connectivity index (χ1n) is 9.63. The summed E-state index contributed by atoms with van der Waals surface area (Å²) in [4.78, 5) is 13.6. The summed E-state index contributed by atoms with van der Waals surface area (Å²) in [5.41, 5.74) is 3.64. The van der Waals surface area contributed by atoms with Crippen LogP contribution in [0, 0.1) is 0 Å². The Labute approximate surface area is 160 Å². The number of nitrogens with one attached hydrogen (secondary N) is 1. The molecular weight excluding hydrogens is 340 g/mol. The summed E-state index contributed by atoms with van der Waals surface area (Å²) in [5, 5.41) is 2.90. The predicted octanol–water partition coefficient (Wildman–Crippen LogP) is 3.48. The maximum atomic E-state index is 11.2. The molecule has 0 saturated carbocycles. The molecule has 1 N–H and O–H groups in total. The van der Waals surface area contributed by atoms with Crippen LogP contribution in [0.3, 0.4) is 0 Å². The highest BCUT2D eigenvalue weighted by Crippen LogP contribution is 2.31. The molecule has 5 nitrogen and oxygen atoms in total. The molecule has 0 bridgehead atoms. The third kappa shape index (κ3) is 4.02. The smallest absolute Gasteiger partial charge is 0.217 e. The second-order valence-electron chi connectivity index (χ2n) is 7.36. The van der Waals surface area contributed by atoms with E-state index < -0.39 is 0 Å². The van der Waals surface area contributed by atoms with Gasteiger partial charge in [-0.25, -0.2) is 0 Å². The van der Waals surface area contributed by atoms with Gasteiger partial charge in [0.15, 0.2) is 0 Å². The Morgan fingerprint density at radius 3 is 2.85 bits per heavy atom. The van der Waals surface area contributed by atoms with Crippen molar-refractivity contribution in [2.75, 3.05) is 24.6 Å². The normalized spacial score (nSPS) is 19.3. The lowest BCUT2D eigenvalue weighted by Gasteiger charge is -2.20. The third-order valence-corrected chi connectivity index (χ3v) is 5.29. The molecule has 2 heterocycles. The zero-order valence-corrected chi connectivity index (χ0v) is 15.9. The number of hydrogen-bond acceptors (Lipinski definition) is 4. The van der Waals surface area contributed by atoms with E-state index in [2.05, 4.69) is 28.4 Å². The summed E-state index contributed by atoms with van der Waals surface area (Å²) in [7, 11) is 0. The molecule has 1 saturated heterocycles. The number of carbonyl (C=O) groups is 1. The molecule has 5 heteroatoms. The quantitative estimate of drug-likeness (QED) is 0.880. The van der Waals surface area contributed by atoms with Crippen LogP contribution in [0.1, 0.15) is 37.4 Å². The fraction of sp³-hybridized carbons (Fsp3) is 0.409. The summed E-state index contributed by atoms with van der Waals surface area (Å²) in [6.07, 6.45) is 2.20. The molecule has 0 spiro atoms. The number of benzene rings is 2. The van der Waals surface area contributed by atoms with Gasteiger partial charge in [0.05, 0.1) is 19.2 Å². The van der Waals surface area contributed by atoms with Gasteiger partial charge in [-0.2, -0.15) is 0 Å². The van der Waals surface area contributed by atoms with Crippen molar-refractivity contribution in [3.8, 4) is 11.5 Å². The standard InChI is InChI=1S/C22H26N2O3/c1-15(23-16(2)25)17-3-6-20(7-4-17)27-21-9-11-24(14-21)19-5-8-22-18(13-19)10-12-26-22/h3-8,13,15,21H,9-12,14H2,1-2H3,(H,23,25)/t15-,21+/m0/s1. The van der Waals surface area contributed by atoms with Crippen molar-refractivity contribution >= 4 is 11.6 Å². The van der Waals surface area contributed by atoms with E-state index in [9.17, 15) is 4.79 Å². The molecule has 0 aliphatic carbocycles. The van der Waals surface area contributed by atoms with Gasteiger partial charge in [0.25, 0.3) is 0 Å². The van der Waals surface area contributed by atoms with E-state index in [1.54, 1.807) is 0 Å². The Balaban J connectivity index is 1.35. The highest BCUT2D eigenvalue weighted by Gasteiger charge is 2.25. The van der Waals surface area contributed by atoms with Gasteiger partial charge >= 0.3 is 0 Å². The van der Waals surface area contributed by atoms with Crippen LogP contribution >= 0.6 is 0 Å². The van der Waals surface area contributed by atoms with E-state index in [1.807, 2.05) is 31.2 Å². The van der Waals surface area contributed by atoms with Crippen LogP contribution in [0.5, 0.6) is 11.5 Å². The van der Waals surface area contributed by atoms with Crippen LogP contribution in [-0.2, 0) is 11.2 Å². The molecule has 2 atom stereocenters. The maximum Gasteiger partial charge on any atom is 0.217 e. The van der Waals surface area contributed by atoms with Gasteiger partial charge in [0.1, 0.15) is 17.6 Å². The summed E-state index contributed by atoms with van der Waals surface area (Å²) < 4.78 is 11.8. The maximum absolute atomic E-state index is 11.2. The van der Waals surface area contributed by atoms with E-state index in [0.717, 1.165) is 49.6 Å². The summed E-state index contributed by atoms with van der Waals surface area (Å²) >= 11 is 0. The Morgan fingerprint density at radius 2 is 2.07 bits per heavy atom. The summed E-state index contributed by atoms with van der Waals surface area (Å²) in [6.45, 7) is 6.20. The van der Waals surface area contributed by atoms with Gasteiger partial charge in [-0.1, -0.05) is 12.1 Å². The number of hydrogen-bond donors (Lipinski definition) is 1. The second-order valence-corrected chi connectivity index (χ2v) is 7.36. The summed E-state index contributed by atoms with van der Waals surface area (Å²) in [5.74, 6) is 1.88. The summed E-state index contributed by atoms with van der Waals surface area (Å²) in [6, 6.07) is 14.5. The van der Waals surface area contributed by atoms with Crippen molar-refractivity contribution in [2.24, 2.45) is 0 Å². The minimum Gasteiger partial charge on any atom is -0.493 e. The van der Waals surface area contributed by atoms with Gasteiger partial charge in [-0.15, -0.1) is 0 Å². The Hall–Kier alpha value is -2.69. The topological polar surface area (TPSA) is 50.8 Å². The highest BCUT2D eigenvalue weighted by molar-refractivity contribution is 5.73. The highest BCUT2D eigenvalue weighted by atomic mass is 16.5. The minimum absolute atomic E-state index is 0.00214. The molecule has 142 valence electrons. The van der Waals surface area contributed by atoms with E-state index in [1.165, 1.54) is 18.2 Å². The number of ether oxygens (including phenoxy) is 2. The number of carbonyl (C=O) groups excluding carboxylic acids is 1. The number of amides is 1. The molecule has 4 rings (SSSR count). The van der Waals surface area contributed by atoms with Crippen LogP contribution in [-0.4, -0.2) is 31.7 Å². The first kappa shape index (κ1) is 17.7. The number of anilines is 1. The van der Waals surface area contributed by atoms with Crippen LogP contribution in [0.15, 0.2) is 42.5 Å². The number of fused-ring (bicyclic) bond motifs is 1. The van der Waals surface area contributed by atoms with Crippen LogP contribution in [0.25, 0.3) is 0 Å². The lowest BCUT2D eigenvalue weighted by atomic mass is 10.1. The van der Waals surface area contributed by atoms with Gasteiger partial charge in [-0.05, 0) is 48.4 Å². The van der Waals surface area contributed by atoms with Gasteiger partial charge in [0, 0.05) is 32.0 Å². The Bertz CT molecular complexity index is 819. The van der Waals surface area contributed by atoms with Crippen LogP contribution < -0.4 is 19.7 Å². The third-order valence-electron chi connectivity index (χ3n) is 5.29. The van der Waals surface area contributed by atoms with Crippen molar-refractivity contribution in [1.29, 1.82) is 0 Å². The number of nitrogens with zero attached hydrogens (tertiary/aromatic N) is 1. The fourth-order valence-corrected chi connectivity index (χ4v) is 3.84. The molecule has 2 aliphatic heterocycles. The van der Waals surface area contributed by atoms with E-state index in [4.69, 9.17) is 9.47 Å². The molecule has 27 heavy (non-hydrogen) atoms. The minimum atomic E-state index is -0.0213. The van der Waals surface area contributed by atoms with Crippen LogP contribution in [0.4, 0.5) is 5.69 Å². The second kappa shape index (κ2) is 7.51. The molecule has 2 aliphatic rings. The SMILES string of the molecule is CC(=O)N[C@@H](C)c1ccc(O[C@@H]2CCN(c3ccc4c(c3)CCO4)C2)cc1. The zero-order valence-electron chi connectivity index (χ0n) is 15.9. The molecule has 2 aromatic carbocycles. The number of rotatable bonds is 5. The van der Waals surface area contributed by atoms with E-state index >= 15 is 0 Å². The molecule has 2 aromatic rings. The zero-order chi connectivity index (χ0) is 18.8. The average Bonchev–Trinajstić information content (AvgIpc) is 3.30. The fourth-order valence-electron chi connectivity index (χ4n) is 3.84. The first-order chi connectivity index (χ1) is 13.1. The van der Waals surface area contributed by atoms with E-state index in [-0.39, 0.29) is 18.1 Å².